The summed E-state index contributed by atoms with van der Waals surface area (Å²) in [5.41, 5.74) is 12.0. The van der Waals surface area contributed by atoms with Gasteiger partial charge in [0.25, 0.3) is 0 Å². The van der Waals surface area contributed by atoms with Crippen LogP contribution in [0.5, 0.6) is 0 Å². The number of hydrogen-bond acceptors (Lipinski definition) is 1. The normalized spacial score (nSPS) is 11.1. The Labute approximate surface area is 158 Å². The van der Waals surface area contributed by atoms with Crippen LogP contribution in [0.1, 0.15) is 0 Å². The first kappa shape index (κ1) is 15.7. The molecule has 0 saturated carbocycles. The van der Waals surface area contributed by atoms with Gasteiger partial charge in [0.2, 0.25) is 0 Å². The van der Waals surface area contributed by atoms with Gasteiger partial charge in [-0.1, -0.05) is 97.1 Å². The molecule has 0 saturated heterocycles. The quantitative estimate of drug-likeness (QED) is 0.346. The molecule has 2 N–H and O–H groups in total. The van der Waals surface area contributed by atoms with Crippen LogP contribution in [0.3, 0.4) is 0 Å². The Morgan fingerprint density at radius 1 is 0.370 bits per heavy atom. The maximum atomic E-state index is 6.22. The Bertz CT molecular complexity index is 1270. The number of nitrogens with two attached hydrogens (primary N) is 1. The zero-order valence-electron chi connectivity index (χ0n) is 14.9. The van der Waals surface area contributed by atoms with Crippen LogP contribution < -0.4 is 5.73 Å². The van der Waals surface area contributed by atoms with Crippen molar-refractivity contribution >= 4 is 27.2 Å². The minimum atomic E-state index is 0.819. The highest BCUT2D eigenvalue weighted by Crippen LogP contribution is 2.39. The van der Waals surface area contributed by atoms with Crippen molar-refractivity contribution in [2.45, 2.75) is 0 Å². The smallest absolute Gasteiger partial charge is 0.0394 e. The van der Waals surface area contributed by atoms with E-state index in [0.29, 0.717) is 0 Å². The SMILES string of the molecule is Nc1ccc(-c2ccc(-c3ccccc3)c3ccccc23)c2ccccc12. The fourth-order valence-electron chi connectivity index (χ4n) is 3.96. The topological polar surface area (TPSA) is 26.0 Å². The second kappa shape index (κ2) is 6.30. The van der Waals surface area contributed by atoms with Crippen molar-refractivity contribution in [3.05, 3.63) is 103 Å². The number of anilines is 1. The molecule has 0 atom stereocenters. The van der Waals surface area contributed by atoms with Gasteiger partial charge in [0.1, 0.15) is 0 Å². The molecule has 1 nitrogen and oxygen atoms in total. The zero-order chi connectivity index (χ0) is 18.2. The van der Waals surface area contributed by atoms with Crippen molar-refractivity contribution in [2.75, 3.05) is 5.73 Å². The van der Waals surface area contributed by atoms with E-state index in [1.807, 2.05) is 12.1 Å². The van der Waals surface area contributed by atoms with Crippen molar-refractivity contribution in [1.29, 1.82) is 0 Å². The number of fused-ring (bicyclic) bond motifs is 2. The van der Waals surface area contributed by atoms with Crippen LogP contribution in [0.2, 0.25) is 0 Å². The first-order valence-corrected chi connectivity index (χ1v) is 9.18. The summed E-state index contributed by atoms with van der Waals surface area (Å²) in [6.45, 7) is 0. The van der Waals surface area contributed by atoms with Crippen LogP contribution in [-0.2, 0) is 0 Å². The van der Waals surface area contributed by atoms with E-state index >= 15 is 0 Å². The fourth-order valence-corrected chi connectivity index (χ4v) is 3.96. The van der Waals surface area contributed by atoms with Gasteiger partial charge < -0.3 is 5.73 Å². The monoisotopic (exact) mass is 345 g/mol. The molecule has 0 radical (unpaired) electrons. The van der Waals surface area contributed by atoms with Gasteiger partial charge in [-0.15, -0.1) is 0 Å². The van der Waals surface area contributed by atoms with Crippen molar-refractivity contribution in [1.82, 2.24) is 0 Å². The van der Waals surface area contributed by atoms with Gasteiger partial charge >= 0.3 is 0 Å². The summed E-state index contributed by atoms with van der Waals surface area (Å²) < 4.78 is 0. The first-order chi connectivity index (χ1) is 13.3. The summed E-state index contributed by atoms with van der Waals surface area (Å²) in [6, 6.07) is 36.2. The van der Waals surface area contributed by atoms with E-state index in [-0.39, 0.29) is 0 Å². The Kier molecular flexibility index (Phi) is 3.65. The van der Waals surface area contributed by atoms with Crippen molar-refractivity contribution in [3.8, 4) is 22.3 Å². The van der Waals surface area contributed by atoms with E-state index in [1.165, 1.54) is 38.4 Å². The van der Waals surface area contributed by atoms with Crippen LogP contribution >= 0.6 is 0 Å². The summed E-state index contributed by atoms with van der Waals surface area (Å²) in [5, 5.41) is 4.82. The van der Waals surface area contributed by atoms with E-state index in [4.69, 9.17) is 5.73 Å². The average Bonchev–Trinajstić information content (AvgIpc) is 2.74. The number of nitrogen functional groups attached to an aromatic ring is 1. The average molecular weight is 345 g/mol. The van der Waals surface area contributed by atoms with Gasteiger partial charge in [-0.3, -0.25) is 0 Å². The lowest BCUT2D eigenvalue weighted by molar-refractivity contribution is 1.64. The van der Waals surface area contributed by atoms with E-state index in [9.17, 15) is 0 Å². The summed E-state index contributed by atoms with van der Waals surface area (Å²) in [5.74, 6) is 0. The van der Waals surface area contributed by atoms with Crippen LogP contribution in [-0.4, -0.2) is 0 Å². The number of rotatable bonds is 2. The zero-order valence-corrected chi connectivity index (χ0v) is 14.9. The van der Waals surface area contributed by atoms with Crippen molar-refractivity contribution in [3.63, 3.8) is 0 Å². The molecule has 0 aliphatic carbocycles. The molecule has 5 rings (SSSR count). The maximum Gasteiger partial charge on any atom is 0.0394 e. The highest BCUT2D eigenvalue weighted by molar-refractivity contribution is 6.11. The Morgan fingerprint density at radius 2 is 0.815 bits per heavy atom. The Balaban J connectivity index is 1.83. The van der Waals surface area contributed by atoms with Crippen molar-refractivity contribution in [2.24, 2.45) is 0 Å². The molecule has 5 aromatic rings. The summed E-state index contributed by atoms with van der Waals surface area (Å²) in [4.78, 5) is 0. The minimum Gasteiger partial charge on any atom is -0.398 e. The molecule has 128 valence electrons. The molecule has 0 unspecified atom stereocenters. The largest absolute Gasteiger partial charge is 0.398 e. The molecular weight excluding hydrogens is 326 g/mol. The van der Waals surface area contributed by atoms with Crippen LogP contribution in [0, 0.1) is 0 Å². The van der Waals surface area contributed by atoms with E-state index < -0.39 is 0 Å². The Hall–Kier alpha value is -3.58. The molecule has 0 aliphatic heterocycles. The molecule has 0 aliphatic rings. The molecule has 1 heteroatoms. The van der Waals surface area contributed by atoms with Gasteiger partial charge in [0.15, 0.2) is 0 Å². The second-order valence-electron chi connectivity index (χ2n) is 6.82. The molecule has 0 amide bonds. The number of benzene rings is 5. The van der Waals surface area contributed by atoms with Gasteiger partial charge in [-0.2, -0.15) is 0 Å². The highest BCUT2D eigenvalue weighted by atomic mass is 14.5. The fraction of sp³-hybridized carbons (Fsp3) is 0. The molecule has 5 aromatic carbocycles. The van der Waals surface area contributed by atoms with Gasteiger partial charge in [0.05, 0.1) is 0 Å². The molecule has 0 bridgehead atoms. The highest BCUT2D eigenvalue weighted by Gasteiger charge is 2.12. The lowest BCUT2D eigenvalue weighted by Gasteiger charge is -2.14. The standard InChI is InChI=1S/C26H19N/c27-26-17-16-24(22-12-6-7-13-25(22)26)23-15-14-19(18-8-2-1-3-9-18)20-10-4-5-11-21(20)23/h1-17H,27H2. The van der Waals surface area contributed by atoms with E-state index in [1.54, 1.807) is 0 Å². The van der Waals surface area contributed by atoms with Crippen molar-refractivity contribution < 1.29 is 0 Å². The van der Waals surface area contributed by atoms with Gasteiger partial charge in [-0.25, -0.2) is 0 Å². The van der Waals surface area contributed by atoms with Gasteiger partial charge in [0, 0.05) is 11.1 Å². The van der Waals surface area contributed by atoms with E-state index in [2.05, 4.69) is 91.0 Å². The summed E-state index contributed by atoms with van der Waals surface area (Å²) in [7, 11) is 0. The third-order valence-electron chi connectivity index (χ3n) is 5.26. The Morgan fingerprint density at radius 3 is 1.48 bits per heavy atom. The number of hydrogen-bond donors (Lipinski definition) is 1. The molecular formula is C26H19N. The predicted octanol–water partition coefficient (Wildman–Crippen LogP) is 6.91. The third kappa shape index (κ3) is 2.56. The van der Waals surface area contributed by atoms with Crippen LogP contribution in [0.25, 0.3) is 43.8 Å². The lowest BCUT2D eigenvalue weighted by atomic mass is 9.90. The molecule has 0 fully saturated rings. The lowest BCUT2D eigenvalue weighted by Crippen LogP contribution is -1.90. The summed E-state index contributed by atoms with van der Waals surface area (Å²) in [6.07, 6.45) is 0. The summed E-state index contributed by atoms with van der Waals surface area (Å²) >= 11 is 0. The molecule has 0 heterocycles. The molecule has 27 heavy (non-hydrogen) atoms. The van der Waals surface area contributed by atoms with Crippen LogP contribution in [0.15, 0.2) is 103 Å². The predicted molar refractivity (Wildman–Crippen MR) is 117 cm³/mol. The maximum absolute atomic E-state index is 6.22. The van der Waals surface area contributed by atoms with Gasteiger partial charge in [-0.05, 0) is 44.5 Å². The second-order valence-corrected chi connectivity index (χ2v) is 6.82. The molecule has 0 aromatic heterocycles. The van der Waals surface area contributed by atoms with Crippen LogP contribution in [0.4, 0.5) is 5.69 Å². The van der Waals surface area contributed by atoms with E-state index in [0.717, 1.165) is 11.1 Å². The minimum absolute atomic E-state index is 0.819. The third-order valence-corrected chi connectivity index (χ3v) is 5.26. The first-order valence-electron chi connectivity index (χ1n) is 9.18. The molecule has 0 spiro atoms.